The lowest BCUT2D eigenvalue weighted by Gasteiger charge is -2.28. The van der Waals surface area contributed by atoms with Crippen molar-refractivity contribution in [3.05, 3.63) is 18.3 Å². The van der Waals surface area contributed by atoms with Crippen LogP contribution in [-0.2, 0) is 4.74 Å². The molecule has 3 rings (SSSR count). The van der Waals surface area contributed by atoms with E-state index in [0.29, 0.717) is 12.1 Å². The topological polar surface area (TPSA) is 37.4 Å². The number of ether oxygens (including phenoxy) is 1. The van der Waals surface area contributed by atoms with Crippen molar-refractivity contribution in [1.29, 1.82) is 0 Å². The molecular formula is C15H23N3O. The van der Waals surface area contributed by atoms with Gasteiger partial charge in [-0.3, -0.25) is 0 Å². The van der Waals surface area contributed by atoms with Crippen LogP contribution < -0.4 is 10.2 Å². The predicted octanol–water partition coefficient (Wildman–Crippen LogP) is 2.66. The summed E-state index contributed by atoms with van der Waals surface area (Å²) >= 11 is 0. The van der Waals surface area contributed by atoms with E-state index in [1.54, 1.807) is 0 Å². The summed E-state index contributed by atoms with van der Waals surface area (Å²) in [5, 5.41) is 3.57. The third-order valence-electron chi connectivity index (χ3n) is 4.03. The smallest absolute Gasteiger partial charge is 0.128 e. The van der Waals surface area contributed by atoms with Crippen LogP contribution in [0.1, 0.15) is 32.6 Å². The Morgan fingerprint density at radius 1 is 1.32 bits per heavy atom. The SMILES string of the molecule is CC1CC(Nc2ccc(N3CCCC3)nc2)CCO1. The number of nitrogens with one attached hydrogen (secondary N) is 1. The van der Waals surface area contributed by atoms with Gasteiger partial charge in [-0.25, -0.2) is 4.98 Å². The van der Waals surface area contributed by atoms with E-state index in [0.717, 1.165) is 44.0 Å². The third-order valence-corrected chi connectivity index (χ3v) is 4.03. The van der Waals surface area contributed by atoms with Crippen LogP contribution >= 0.6 is 0 Å². The lowest BCUT2D eigenvalue weighted by Crippen LogP contribution is -2.32. The van der Waals surface area contributed by atoms with Gasteiger partial charge in [0.2, 0.25) is 0 Å². The highest BCUT2D eigenvalue weighted by Gasteiger charge is 2.19. The van der Waals surface area contributed by atoms with Crippen LogP contribution in [0.4, 0.5) is 11.5 Å². The Hall–Kier alpha value is -1.29. The van der Waals surface area contributed by atoms with Gasteiger partial charge < -0.3 is 15.0 Å². The van der Waals surface area contributed by atoms with Crippen LogP contribution in [0.2, 0.25) is 0 Å². The van der Waals surface area contributed by atoms with Gasteiger partial charge in [0.05, 0.1) is 18.0 Å². The molecule has 19 heavy (non-hydrogen) atoms. The molecule has 2 fully saturated rings. The van der Waals surface area contributed by atoms with E-state index < -0.39 is 0 Å². The van der Waals surface area contributed by atoms with Crippen molar-refractivity contribution in [2.24, 2.45) is 0 Å². The van der Waals surface area contributed by atoms with Gasteiger partial charge in [0.25, 0.3) is 0 Å². The van der Waals surface area contributed by atoms with Crippen LogP contribution in [0.15, 0.2) is 18.3 Å². The number of pyridine rings is 1. The quantitative estimate of drug-likeness (QED) is 0.907. The highest BCUT2D eigenvalue weighted by atomic mass is 16.5. The van der Waals surface area contributed by atoms with Gasteiger partial charge in [-0.05, 0) is 44.7 Å². The van der Waals surface area contributed by atoms with Crippen LogP contribution in [0.3, 0.4) is 0 Å². The van der Waals surface area contributed by atoms with E-state index in [4.69, 9.17) is 4.74 Å². The second-order valence-corrected chi connectivity index (χ2v) is 5.65. The first kappa shape index (κ1) is 12.7. The molecular weight excluding hydrogens is 238 g/mol. The molecule has 0 aliphatic carbocycles. The Labute approximate surface area is 115 Å². The average molecular weight is 261 g/mol. The molecule has 0 aromatic carbocycles. The van der Waals surface area contributed by atoms with Crippen molar-refractivity contribution in [2.75, 3.05) is 29.9 Å². The average Bonchev–Trinajstić information content (AvgIpc) is 2.94. The molecule has 2 aliphatic rings. The summed E-state index contributed by atoms with van der Waals surface area (Å²) in [6.45, 7) is 5.30. The molecule has 0 bridgehead atoms. The Morgan fingerprint density at radius 3 is 2.84 bits per heavy atom. The van der Waals surface area contributed by atoms with Crippen molar-refractivity contribution in [1.82, 2.24) is 4.98 Å². The molecule has 0 saturated carbocycles. The van der Waals surface area contributed by atoms with E-state index >= 15 is 0 Å². The van der Waals surface area contributed by atoms with Crippen LogP contribution in [0.25, 0.3) is 0 Å². The molecule has 1 N–H and O–H groups in total. The van der Waals surface area contributed by atoms with Crippen molar-refractivity contribution in [3.63, 3.8) is 0 Å². The summed E-state index contributed by atoms with van der Waals surface area (Å²) in [6.07, 6.45) is 7.08. The number of anilines is 2. The summed E-state index contributed by atoms with van der Waals surface area (Å²) in [4.78, 5) is 6.94. The maximum absolute atomic E-state index is 5.57. The van der Waals surface area contributed by atoms with Gasteiger partial charge >= 0.3 is 0 Å². The minimum Gasteiger partial charge on any atom is -0.381 e. The number of aromatic nitrogens is 1. The van der Waals surface area contributed by atoms with Crippen molar-refractivity contribution < 1.29 is 4.74 Å². The maximum atomic E-state index is 5.57. The van der Waals surface area contributed by atoms with E-state index in [1.165, 1.54) is 12.8 Å². The highest BCUT2D eigenvalue weighted by molar-refractivity contribution is 5.49. The number of nitrogens with zero attached hydrogens (tertiary/aromatic N) is 2. The molecule has 104 valence electrons. The van der Waals surface area contributed by atoms with E-state index in [-0.39, 0.29) is 0 Å². The number of hydrogen-bond donors (Lipinski definition) is 1. The minimum absolute atomic E-state index is 0.364. The first-order valence-electron chi connectivity index (χ1n) is 7.40. The second-order valence-electron chi connectivity index (χ2n) is 5.65. The van der Waals surface area contributed by atoms with Gasteiger partial charge in [0, 0.05) is 25.7 Å². The Kier molecular flexibility index (Phi) is 3.87. The standard InChI is InChI=1S/C15H23N3O/c1-12-10-13(6-9-19-12)17-14-4-5-15(16-11-14)18-7-2-3-8-18/h4-5,11-13,17H,2-3,6-10H2,1H3. The molecule has 4 nitrogen and oxygen atoms in total. The van der Waals surface area contributed by atoms with Crippen molar-refractivity contribution in [2.45, 2.75) is 44.8 Å². The summed E-state index contributed by atoms with van der Waals surface area (Å²) in [6, 6.07) is 4.81. The molecule has 2 atom stereocenters. The molecule has 1 aromatic heterocycles. The second kappa shape index (κ2) is 5.78. The zero-order valence-electron chi connectivity index (χ0n) is 11.6. The monoisotopic (exact) mass is 261 g/mol. The summed E-state index contributed by atoms with van der Waals surface area (Å²) in [7, 11) is 0. The Bertz CT molecular complexity index is 400. The lowest BCUT2D eigenvalue weighted by molar-refractivity contribution is 0.0232. The molecule has 1 aromatic rings. The minimum atomic E-state index is 0.364. The van der Waals surface area contributed by atoms with Crippen molar-refractivity contribution >= 4 is 11.5 Å². The number of hydrogen-bond acceptors (Lipinski definition) is 4. The van der Waals surface area contributed by atoms with Crippen LogP contribution in [0, 0.1) is 0 Å². The summed E-state index contributed by atoms with van der Waals surface area (Å²) < 4.78 is 5.57. The summed E-state index contributed by atoms with van der Waals surface area (Å²) in [5.74, 6) is 1.11. The fraction of sp³-hybridized carbons (Fsp3) is 0.667. The molecule has 4 heteroatoms. The first-order chi connectivity index (χ1) is 9.31. The fourth-order valence-corrected chi connectivity index (χ4v) is 2.97. The molecule has 0 spiro atoms. The van der Waals surface area contributed by atoms with Gasteiger partial charge in [-0.1, -0.05) is 0 Å². The molecule has 0 radical (unpaired) electrons. The van der Waals surface area contributed by atoms with Crippen LogP contribution in [-0.4, -0.2) is 36.8 Å². The highest BCUT2D eigenvalue weighted by Crippen LogP contribution is 2.21. The molecule has 2 saturated heterocycles. The summed E-state index contributed by atoms with van der Waals surface area (Å²) in [5.41, 5.74) is 1.13. The van der Waals surface area contributed by atoms with Gasteiger partial charge in [0.1, 0.15) is 5.82 Å². The zero-order chi connectivity index (χ0) is 13.1. The Balaban J connectivity index is 1.59. The predicted molar refractivity (Wildman–Crippen MR) is 77.7 cm³/mol. The molecule has 2 aliphatic heterocycles. The molecule has 3 heterocycles. The first-order valence-corrected chi connectivity index (χ1v) is 7.40. The van der Waals surface area contributed by atoms with Gasteiger partial charge in [-0.2, -0.15) is 0 Å². The third kappa shape index (κ3) is 3.18. The fourth-order valence-electron chi connectivity index (χ4n) is 2.97. The maximum Gasteiger partial charge on any atom is 0.128 e. The molecule has 2 unspecified atom stereocenters. The largest absolute Gasteiger partial charge is 0.381 e. The van der Waals surface area contributed by atoms with E-state index in [9.17, 15) is 0 Å². The normalized spacial score (nSPS) is 27.5. The van der Waals surface area contributed by atoms with Crippen LogP contribution in [0.5, 0.6) is 0 Å². The number of rotatable bonds is 3. The van der Waals surface area contributed by atoms with E-state index in [2.05, 4.69) is 34.3 Å². The van der Waals surface area contributed by atoms with E-state index in [1.807, 2.05) is 6.20 Å². The molecule has 0 amide bonds. The van der Waals surface area contributed by atoms with Gasteiger partial charge in [-0.15, -0.1) is 0 Å². The van der Waals surface area contributed by atoms with Gasteiger partial charge in [0.15, 0.2) is 0 Å². The Morgan fingerprint density at radius 2 is 2.16 bits per heavy atom. The zero-order valence-corrected chi connectivity index (χ0v) is 11.6. The van der Waals surface area contributed by atoms with Crippen molar-refractivity contribution in [3.8, 4) is 0 Å². The lowest BCUT2D eigenvalue weighted by atomic mass is 10.0.